The van der Waals surface area contributed by atoms with Crippen molar-refractivity contribution in [1.29, 1.82) is 0 Å². The SMILES string of the molecule is Nc1nc(Nc2ccccc2)c2ncn([C@@H]3O[C@H](CO)[C@@H](O)[C@H]3O)c2n1. The molecular formula is C16H18N6O4. The van der Waals surface area contributed by atoms with Crippen molar-refractivity contribution in [2.45, 2.75) is 24.5 Å². The van der Waals surface area contributed by atoms with Crippen LogP contribution >= 0.6 is 0 Å². The lowest BCUT2D eigenvalue weighted by Crippen LogP contribution is -2.33. The molecule has 136 valence electrons. The molecule has 0 unspecified atom stereocenters. The van der Waals surface area contributed by atoms with Gasteiger partial charge in [-0.3, -0.25) is 4.57 Å². The van der Waals surface area contributed by atoms with Crippen molar-refractivity contribution in [2.75, 3.05) is 17.7 Å². The predicted octanol–water partition coefficient (Wildman–Crippen LogP) is -0.236. The van der Waals surface area contributed by atoms with Gasteiger partial charge in [0.25, 0.3) is 0 Å². The highest BCUT2D eigenvalue weighted by atomic mass is 16.6. The van der Waals surface area contributed by atoms with E-state index in [4.69, 9.17) is 10.5 Å². The van der Waals surface area contributed by atoms with E-state index in [1.165, 1.54) is 10.9 Å². The van der Waals surface area contributed by atoms with E-state index < -0.39 is 31.1 Å². The number of aliphatic hydroxyl groups excluding tert-OH is 3. The van der Waals surface area contributed by atoms with E-state index >= 15 is 0 Å². The van der Waals surface area contributed by atoms with Gasteiger partial charge in [-0.2, -0.15) is 9.97 Å². The van der Waals surface area contributed by atoms with Gasteiger partial charge in [-0.15, -0.1) is 0 Å². The number of fused-ring (bicyclic) bond motifs is 1. The van der Waals surface area contributed by atoms with Gasteiger partial charge in [-0.1, -0.05) is 18.2 Å². The lowest BCUT2D eigenvalue weighted by molar-refractivity contribution is -0.0511. The summed E-state index contributed by atoms with van der Waals surface area (Å²) in [4.78, 5) is 12.7. The molecule has 3 heterocycles. The molecule has 4 rings (SSSR count). The van der Waals surface area contributed by atoms with Crippen molar-refractivity contribution in [2.24, 2.45) is 0 Å². The number of imidazole rings is 1. The molecule has 0 spiro atoms. The molecule has 6 N–H and O–H groups in total. The molecule has 0 saturated carbocycles. The van der Waals surface area contributed by atoms with Crippen LogP contribution in [-0.4, -0.2) is 59.8 Å². The largest absolute Gasteiger partial charge is 0.394 e. The average molecular weight is 358 g/mol. The van der Waals surface area contributed by atoms with Crippen molar-refractivity contribution in [3.8, 4) is 0 Å². The summed E-state index contributed by atoms with van der Waals surface area (Å²) < 4.78 is 7.00. The Balaban J connectivity index is 1.75. The molecular weight excluding hydrogens is 340 g/mol. The first-order valence-electron chi connectivity index (χ1n) is 8.03. The minimum absolute atomic E-state index is 0.0180. The fraction of sp³-hybridized carbons (Fsp3) is 0.312. The van der Waals surface area contributed by atoms with E-state index in [1.807, 2.05) is 30.3 Å². The van der Waals surface area contributed by atoms with Crippen LogP contribution in [0.25, 0.3) is 11.2 Å². The van der Waals surface area contributed by atoms with Crippen LogP contribution < -0.4 is 11.1 Å². The number of para-hydroxylation sites is 1. The number of benzene rings is 1. The standard InChI is InChI=1S/C16H18N6O4/c17-16-20-13(19-8-4-2-1-3-5-8)10-14(21-16)22(7-18-10)15-12(25)11(24)9(6-23)26-15/h1-5,7,9,11-12,15,23-25H,6H2,(H3,17,19,20,21)/t9-,11-,12-,15-/m1/s1. The predicted molar refractivity (Wildman–Crippen MR) is 92.5 cm³/mol. The molecule has 10 heteroatoms. The zero-order valence-electron chi connectivity index (χ0n) is 13.6. The topological polar surface area (TPSA) is 152 Å². The zero-order chi connectivity index (χ0) is 18.3. The van der Waals surface area contributed by atoms with E-state index in [2.05, 4.69) is 20.3 Å². The van der Waals surface area contributed by atoms with Gasteiger partial charge in [-0.25, -0.2) is 4.98 Å². The van der Waals surface area contributed by atoms with E-state index in [0.717, 1.165) is 5.69 Å². The fourth-order valence-electron chi connectivity index (χ4n) is 2.97. The monoisotopic (exact) mass is 358 g/mol. The van der Waals surface area contributed by atoms with Crippen LogP contribution in [-0.2, 0) is 4.74 Å². The number of rotatable bonds is 4. The van der Waals surface area contributed by atoms with Crippen LogP contribution in [0.1, 0.15) is 6.23 Å². The summed E-state index contributed by atoms with van der Waals surface area (Å²) in [5.41, 5.74) is 7.39. The lowest BCUT2D eigenvalue weighted by atomic mass is 10.1. The van der Waals surface area contributed by atoms with Crippen LogP contribution in [0.5, 0.6) is 0 Å². The maximum absolute atomic E-state index is 10.2. The summed E-state index contributed by atoms with van der Waals surface area (Å²) in [5.74, 6) is 0.425. The van der Waals surface area contributed by atoms with Crippen LogP contribution in [0, 0.1) is 0 Å². The fourth-order valence-corrected chi connectivity index (χ4v) is 2.97. The Morgan fingerprint density at radius 1 is 1.15 bits per heavy atom. The van der Waals surface area contributed by atoms with Crippen molar-refractivity contribution in [3.63, 3.8) is 0 Å². The van der Waals surface area contributed by atoms with Crippen LogP contribution in [0.3, 0.4) is 0 Å². The molecule has 1 saturated heterocycles. The van der Waals surface area contributed by atoms with Crippen LogP contribution in [0.15, 0.2) is 36.7 Å². The summed E-state index contributed by atoms with van der Waals surface area (Å²) in [5, 5.41) is 32.6. The number of ether oxygens (including phenoxy) is 1. The van der Waals surface area contributed by atoms with E-state index in [0.29, 0.717) is 17.0 Å². The maximum atomic E-state index is 10.2. The quantitative estimate of drug-likeness (QED) is 0.425. The molecule has 0 radical (unpaired) electrons. The molecule has 10 nitrogen and oxygen atoms in total. The van der Waals surface area contributed by atoms with E-state index in [-0.39, 0.29) is 5.95 Å². The molecule has 1 aliphatic heterocycles. The maximum Gasteiger partial charge on any atom is 0.224 e. The summed E-state index contributed by atoms with van der Waals surface area (Å²) >= 11 is 0. The number of aliphatic hydroxyl groups is 3. The number of anilines is 3. The van der Waals surface area contributed by atoms with Crippen molar-refractivity contribution < 1.29 is 20.1 Å². The molecule has 0 bridgehead atoms. The molecule has 1 aromatic carbocycles. The van der Waals surface area contributed by atoms with Crippen LogP contribution in [0.2, 0.25) is 0 Å². The Hall–Kier alpha value is -2.79. The number of hydrogen-bond donors (Lipinski definition) is 5. The molecule has 1 aliphatic rings. The van der Waals surface area contributed by atoms with Crippen molar-refractivity contribution in [1.82, 2.24) is 19.5 Å². The molecule has 2 aromatic heterocycles. The highest BCUT2D eigenvalue weighted by Gasteiger charge is 2.44. The van der Waals surface area contributed by atoms with Gasteiger partial charge in [0, 0.05) is 5.69 Å². The van der Waals surface area contributed by atoms with Crippen molar-refractivity contribution in [3.05, 3.63) is 36.7 Å². The Morgan fingerprint density at radius 3 is 2.62 bits per heavy atom. The second-order valence-corrected chi connectivity index (χ2v) is 5.97. The first kappa shape index (κ1) is 16.7. The van der Waals surface area contributed by atoms with Crippen molar-refractivity contribution >= 4 is 28.6 Å². The normalized spacial score (nSPS) is 25.7. The number of aromatic nitrogens is 4. The second-order valence-electron chi connectivity index (χ2n) is 5.97. The van der Waals surface area contributed by atoms with Gasteiger partial charge < -0.3 is 31.1 Å². The average Bonchev–Trinajstić information content (AvgIpc) is 3.17. The summed E-state index contributed by atoms with van der Waals surface area (Å²) in [6.07, 6.45) is -2.88. The molecule has 0 amide bonds. The molecule has 0 aliphatic carbocycles. The van der Waals surface area contributed by atoms with Gasteiger partial charge in [0.2, 0.25) is 5.95 Å². The summed E-state index contributed by atoms with van der Waals surface area (Å²) in [7, 11) is 0. The molecule has 4 atom stereocenters. The third-order valence-corrected chi connectivity index (χ3v) is 4.27. The van der Waals surface area contributed by atoms with Gasteiger partial charge in [0.15, 0.2) is 23.2 Å². The Kier molecular flexibility index (Phi) is 4.17. The lowest BCUT2D eigenvalue weighted by Gasteiger charge is -2.16. The Morgan fingerprint density at radius 2 is 1.92 bits per heavy atom. The van der Waals surface area contributed by atoms with E-state index in [1.54, 1.807) is 0 Å². The first-order chi connectivity index (χ1) is 12.6. The highest BCUT2D eigenvalue weighted by molar-refractivity contribution is 5.86. The molecule has 1 fully saturated rings. The molecule has 3 aromatic rings. The first-order valence-corrected chi connectivity index (χ1v) is 8.03. The van der Waals surface area contributed by atoms with E-state index in [9.17, 15) is 15.3 Å². The number of nitrogens with one attached hydrogen (secondary N) is 1. The van der Waals surface area contributed by atoms with Gasteiger partial charge in [0.1, 0.15) is 18.3 Å². The van der Waals surface area contributed by atoms with Gasteiger partial charge >= 0.3 is 0 Å². The van der Waals surface area contributed by atoms with Crippen LogP contribution in [0.4, 0.5) is 17.5 Å². The third-order valence-electron chi connectivity index (χ3n) is 4.27. The van der Waals surface area contributed by atoms with Gasteiger partial charge in [-0.05, 0) is 12.1 Å². The minimum atomic E-state index is -1.24. The zero-order valence-corrected chi connectivity index (χ0v) is 13.6. The number of nitrogen functional groups attached to an aromatic ring is 1. The molecule has 26 heavy (non-hydrogen) atoms. The minimum Gasteiger partial charge on any atom is -0.394 e. The Bertz CT molecular complexity index is 918. The summed E-state index contributed by atoms with van der Waals surface area (Å²) in [6.45, 7) is -0.417. The Labute approximate surface area is 147 Å². The number of nitrogens with zero attached hydrogens (tertiary/aromatic N) is 4. The second kappa shape index (κ2) is 6.50. The summed E-state index contributed by atoms with van der Waals surface area (Å²) in [6, 6.07) is 9.38. The third kappa shape index (κ3) is 2.74. The highest BCUT2D eigenvalue weighted by Crippen LogP contribution is 2.33. The smallest absolute Gasteiger partial charge is 0.224 e. The number of hydrogen-bond acceptors (Lipinski definition) is 9. The van der Waals surface area contributed by atoms with Gasteiger partial charge in [0.05, 0.1) is 12.9 Å². The number of nitrogens with two attached hydrogens (primary N) is 1.